The van der Waals surface area contributed by atoms with Gasteiger partial charge >= 0.3 is 0 Å². The van der Waals surface area contributed by atoms with Gasteiger partial charge in [0.2, 0.25) is 5.91 Å². The van der Waals surface area contributed by atoms with Crippen molar-refractivity contribution in [3.05, 3.63) is 28.8 Å². The van der Waals surface area contributed by atoms with Crippen molar-refractivity contribution in [3.63, 3.8) is 0 Å². The summed E-state index contributed by atoms with van der Waals surface area (Å²) in [5.74, 6) is -0.287. The van der Waals surface area contributed by atoms with Crippen LogP contribution in [0.3, 0.4) is 0 Å². The van der Waals surface area contributed by atoms with E-state index in [4.69, 9.17) is 27.3 Å². The number of hydrogen-bond acceptors (Lipinski definition) is 4. The first-order chi connectivity index (χ1) is 9.47. The monoisotopic (exact) mass is 299 g/mol. The fourth-order valence-electron chi connectivity index (χ4n) is 1.56. The zero-order valence-electron chi connectivity index (χ0n) is 11.4. The molecule has 0 saturated carbocycles. The number of methoxy groups -OCH3 is 1. The summed E-state index contributed by atoms with van der Waals surface area (Å²) in [4.78, 5) is 11.9. The van der Waals surface area contributed by atoms with Gasteiger partial charge in [-0.15, -0.1) is 0 Å². The molecule has 0 aliphatic heterocycles. The first-order valence-electron chi connectivity index (χ1n) is 6.08. The molecule has 0 bridgehead atoms. The van der Waals surface area contributed by atoms with E-state index >= 15 is 0 Å². The molecule has 4 N–H and O–H groups in total. The number of amidine groups is 1. The predicted molar refractivity (Wildman–Crippen MR) is 78.3 cm³/mol. The van der Waals surface area contributed by atoms with Gasteiger partial charge in [0.1, 0.15) is 0 Å². The van der Waals surface area contributed by atoms with Crippen molar-refractivity contribution in [3.8, 4) is 0 Å². The zero-order valence-corrected chi connectivity index (χ0v) is 12.1. The van der Waals surface area contributed by atoms with Gasteiger partial charge in [-0.3, -0.25) is 4.79 Å². The van der Waals surface area contributed by atoms with Crippen molar-refractivity contribution in [1.82, 2.24) is 0 Å². The molecule has 110 valence electrons. The summed E-state index contributed by atoms with van der Waals surface area (Å²) in [6.45, 7) is 1.88. The van der Waals surface area contributed by atoms with E-state index in [9.17, 15) is 4.79 Å². The zero-order chi connectivity index (χ0) is 15.1. The number of hydrogen-bond donors (Lipinski definition) is 3. The number of carbonyl (C=O) groups is 1. The molecule has 0 saturated heterocycles. The number of oxime groups is 1. The van der Waals surface area contributed by atoms with Gasteiger partial charge < -0.3 is 21.0 Å². The van der Waals surface area contributed by atoms with Crippen LogP contribution in [0.4, 0.5) is 5.69 Å². The van der Waals surface area contributed by atoms with Crippen LogP contribution in [0.1, 0.15) is 25.3 Å². The average molecular weight is 300 g/mol. The van der Waals surface area contributed by atoms with E-state index in [-0.39, 0.29) is 17.8 Å². The largest absolute Gasteiger partial charge is 0.409 e. The Morgan fingerprint density at radius 1 is 1.60 bits per heavy atom. The lowest BCUT2D eigenvalue weighted by Gasteiger charge is -2.12. The Bertz CT molecular complexity index is 506. The SMILES string of the molecule is COC(C)CCC(=O)Nc1cc(Cl)ccc1/C(N)=N/O. The van der Waals surface area contributed by atoms with Crippen LogP contribution in [-0.4, -0.2) is 30.2 Å². The van der Waals surface area contributed by atoms with E-state index in [1.54, 1.807) is 25.3 Å². The van der Waals surface area contributed by atoms with Gasteiger partial charge in [-0.2, -0.15) is 0 Å². The quantitative estimate of drug-likeness (QED) is 0.324. The molecule has 1 amide bonds. The first-order valence-corrected chi connectivity index (χ1v) is 6.45. The molecule has 0 radical (unpaired) electrons. The van der Waals surface area contributed by atoms with Crippen molar-refractivity contribution in [2.24, 2.45) is 10.9 Å². The number of halogens is 1. The topological polar surface area (TPSA) is 96.9 Å². The maximum atomic E-state index is 11.9. The van der Waals surface area contributed by atoms with Crippen LogP contribution >= 0.6 is 11.6 Å². The highest BCUT2D eigenvalue weighted by Gasteiger charge is 2.12. The van der Waals surface area contributed by atoms with E-state index in [0.717, 1.165) is 0 Å². The van der Waals surface area contributed by atoms with Crippen LogP contribution in [-0.2, 0) is 9.53 Å². The number of anilines is 1. The Labute approximate surface area is 122 Å². The maximum absolute atomic E-state index is 11.9. The Morgan fingerprint density at radius 2 is 2.30 bits per heavy atom. The Hall–Kier alpha value is -1.79. The molecule has 7 heteroatoms. The van der Waals surface area contributed by atoms with E-state index in [1.807, 2.05) is 6.92 Å². The number of carbonyl (C=O) groups excluding carboxylic acids is 1. The molecule has 6 nitrogen and oxygen atoms in total. The molecule has 1 aromatic rings. The summed E-state index contributed by atoms with van der Waals surface area (Å²) in [5, 5.41) is 14.8. The summed E-state index contributed by atoms with van der Waals surface area (Å²) >= 11 is 5.88. The fourth-order valence-corrected chi connectivity index (χ4v) is 1.73. The first kappa shape index (κ1) is 16.3. The van der Waals surface area contributed by atoms with Gasteiger partial charge in [-0.1, -0.05) is 16.8 Å². The molecule has 0 aliphatic rings. The minimum atomic E-state index is -0.192. The van der Waals surface area contributed by atoms with Crippen LogP contribution in [0.2, 0.25) is 5.02 Å². The van der Waals surface area contributed by atoms with E-state index < -0.39 is 0 Å². The number of nitrogens with zero attached hydrogens (tertiary/aromatic N) is 1. The number of ether oxygens (including phenoxy) is 1. The Balaban J connectivity index is 2.80. The highest BCUT2D eigenvalue weighted by Crippen LogP contribution is 2.21. The Kier molecular flexibility index (Phi) is 6.27. The van der Waals surface area contributed by atoms with Gasteiger partial charge in [0.25, 0.3) is 0 Å². The normalized spacial score (nSPS) is 13.1. The lowest BCUT2D eigenvalue weighted by atomic mass is 10.1. The molecule has 0 fully saturated rings. The number of benzene rings is 1. The van der Waals surface area contributed by atoms with Gasteiger partial charge in [0, 0.05) is 24.1 Å². The predicted octanol–water partition coefficient (Wildman–Crippen LogP) is 2.19. The summed E-state index contributed by atoms with van der Waals surface area (Å²) in [6, 6.07) is 4.72. The Morgan fingerprint density at radius 3 is 2.90 bits per heavy atom. The molecular weight excluding hydrogens is 282 g/mol. The number of amides is 1. The van der Waals surface area contributed by atoms with Gasteiger partial charge in [-0.05, 0) is 31.5 Å². The third-order valence-corrected chi connectivity index (χ3v) is 3.05. The molecule has 1 rings (SSSR count). The lowest BCUT2D eigenvalue weighted by Crippen LogP contribution is -2.20. The molecule has 1 unspecified atom stereocenters. The van der Waals surface area contributed by atoms with Crippen molar-refractivity contribution in [2.75, 3.05) is 12.4 Å². The van der Waals surface area contributed by atoms with Gasteiger partial charge in [0.15, 0.2) is 5.84 Å². The van der Waals surface area contributed by atoms with Crippen molar-refractivity contribution in [2.45, 2.75) is 25.9 Å². The maximum Gasteiger partial charge on any atom is 0.224 e. The van der Waals surface area contributed by atoms with E-state index in [1.165, 1.54) is 0 Å². The third-order valence-electron chi connectivity index (χ3n) is 2.82. The van der Waals surface area contributed by atoms with Gasteiger partial charge in [-0.25, -0.2) is 0 Å². The molecule has 1 atom stereocenters. The van der Waals surface area contributed by atoms with E-state index in [0.29, 0.717) is 29.1 Å². The molecule has 0 spiro atoms. The minimum absolute atomic E-state index is 0.00338. The van der Waals surface area contributed by atoms with Crippen LogP contribution in [0.15, 0.2) is 23.4 Å². The van der Waals surface area contributed by atoms with Crippen LogP contribution in [0.5, 0.6) is 0 Å². The summed E-state index contributed by atoms with van der Waals surface area (Å²) in [5.41, 5.74) is 6.36. The van der Waals surface area contributed by atoms with Crippen LogP contribution in [0, 0.1) is 0 Å². The highest BCUT2D eigenvalue weighted by molar-refractivity contribution is 6.31. The van der Waals surface area contributed by atoms with Crippen molar-refractivity contribution in [1.29, 1.82) is 0 Å². The van der Waals surface area contributed by atoms with Crippen LogP contribution < -0.4 is 11.1 Å². The second kappa shape index (κ2) is 7.72. The minimum Gasteiger partial charge on any atom is -0.409 e. The summed E-state index contributed by atoms with van der Waals surface area (Å²) in [7, 11) is 1.59. The molecule has 0 aliphatic carbocycles. The summed E-state index contributed by atoms with van der Waals surface area (Å²) < 4.78 is 5.08. The second-order valence-corrected chi connectivity index (χ2v) is 4.74. The highest BCUT2D eigenvalue weighted by atomic mass is 35.5. The summed E-state index contributed by atoms with van der Waals surface area (Å²) in [6.07, 6.45) is 0.905. The second-order valence-electron chi connectivity index (χ2n) is 4.31. The molecule has 0 aromatic heterocycles. The molecule has 20 heavy (non-hydrogen) atoms. The lowest BCUT2D eigenvalue weighted by molar-refractivity contribution is -0.116. The number of nitrogens with one attached hydrogen (secondary N) is 1. The van der Waals surface area contributed by atoms with E-state index in [2.05, 4.69) is 10.5 Å². The fraction of sp³-hybridized carbons (Fsp3) is 0.385. The average Bonchev–Trinajstić information content (AvgIpc) is 2.44. The molecular formula is C13H18ClN3O3. The smallest absolute Gasteiger partial charge is 0.224 e. The number of rotatable bonds is 6. The van der Waals surface area contributed by atoms with Crippen LogP contribution in [0.25, 0.3) is 0 Å². The van der Waals surface area contributed by atoms with Crippen molar-refractivity contribution < 1.29 is 14.7 Å². The third kappa shape index (κ3) is 4.71. The standard InChI is InChI=1S/C13H18ClN3O3/c1-8(20-2)3-6-12(18)16-11-7-9(14)4-5-10(11)13(15)17-19/h4-5,7-8,19H,3,6H2,1-2H3,(H2,15,17)(H,16,18). The molecule has 0 heterocycles. The number of nitrogens with two attached hydrogens (primary N) is 1. The van der Waals surface area contributed by atoms with Gasteiger partial charge in [0.05, 0.1) is 11.8 Å². The van der Waals surface area contributed by atoms with Crippen molar-refractivity contribution >= 4 is 29.0 Å². The molecule has 1 aromatic carbocycles.